The third-order valence-electron chi connectivity index (χ3n) is 3.02. The van der Waals surface area contributed by atoms with Crippen molar-refractivity contribution in [2.45, 2.75) is 19.8 Å². The van der Waals surface area contributed by atoms with Gasteiger partial charge in [-0.15, -0.1) is 0 Å². The van der Waals surface area contributed by atoms with E-state index in [1.54, 1.807) is 36.5 Å². The van der Waals surface area contributed by atoms with Crippen molar-refractivity contribution < 1.29 is 13.9 Å². The molecule has 5 nitrogen and oxygen atoms in total. The number of ether oxygens (including phenoxy) is 1. The number of carbonyl (C=O) groups is 1. The molecular formula is C16H13ClN2O3. The summed E-state index contributed by atoms with van der Waals surface area (Å²) >= 11 is 5.99. The van der Waals surface area contributed by atoms with Crippen LogP contribution >= 0.6 is 11.6 Å². The molecule has 2 aromatic heterocycles. The maximum Gasteiger partial charge on any atom is 0.311 e. The third kappa shape index (κ3) is 2.94. The van der Waals surface area contributed by atoms with Crippen molar-refractivity contribution in [3.05, 3.63) is 41.6 Å². The second kappa shape index (κ2) is 6.15. The second-order valence-electron chi connectivity index (χ2n) is 4.71. The van der Waals surface area contributed by atoms with Crippen LogP contribution < -0.4 is 4.74 Å². The third-order valence-corrected chi connectivity index (χ3v) is 3.25. The highest BCUT2D eigenvalue weighted by atomic mass is 35.5. The molecule has 6 heteroatoms. The van der Waals surface area contributed by atoms with E-state index < -0.39 is 0 Å². The van der Waals surface area contributed by atoms with Gasteiger partial charge in [-0.2, -0.15) is 0 Å². The maximum absolute atomic E-state index is 11.8. The average Bonchev–Trinajstić information content (AvgIpc) is 2.91. The van der Waals surface area contributed by atoms with Crippen LogP contribution in [0.4, 0.5) is 0 Å². The zero-order chi connectivity index (χ0) is 15.5. The number of pyridine rings is 1. The van der Waals surface area contributed by atoms with Crippen molar-refractivity contribution in [1.82, 2.24) is 9.97 Å². The van der Waals surface area contributed by atoms with Gasteiger partial charge in [-0.25, -0.2) is 9.97 Å². The van der Waals surface area contributed by atoms with Gasteiger partial charge in [0.1, 0.15) is 11.3 Å². The highest BCUT2D eigenvalue weighted by Crippen LogP contribution is 2.33. The molecule has 0 fully saturated rings. The minimum Gasteiger partial charge on any atom is -0.426 e. The monoisotopic (exact) mass is 316 g/mol. The minimum atomic E-state index is -0.319. The molecule has 0 saturated heterocycles. The largest absolute Gasteiger partial charge is 0.426 e. The van der Waals surface area contributed by atoms with E-state index in [9.17, 15) is 4.79 Å². The van der Waals surface area contributed by atoms with Crippen molar-refractivity contribution in [3.63, 3.8) is 0 Å². The Bertz CT molecular complexity index is 796. The standard InChI is InChI=1S/C16H13ClN2O3/c1-2-4-14(20)21-13-9-10(17)6-7-11(13)15-19-12-5-3-8-18-16(12)22-15/h3,5-9H,2,4H2,1H3. The molecule has 0 saturated carbocycles. The van der Waals surface area contributed by atoms with Crippen molar-refractivity contribution in [1.29, 1.82) is 0 Å². The molecule has 1 aromatic carbocycles. The fourth-order valence-corrected chi connectivity index (χ4v) is 2.18. The van der Waals surface area contributed by atoms with Crippen LogP contribution in [0.2, 0.25) is 5.02 Å². The van der Waals surface area contributed by atoms with E-state index in [4.69, 9.17) is 20.8 Å². The lowest BCUT2D eigenvalue weighted by molar-refractivity contribution is -0.134. The number of carbonyl (C=O) groups excluding carboxylic acids is 1. The van der Waals surface area contributed by atoms with Gasteiger partial charge in [0.25, 0.3) is 0 Å². The van der Waals surface area contributed by atoms with Crippen LogP contribution in [0, 0.1) is 0 Å². The highest BCUT2D eigenvalue weighted by Gasteiger charge is 2.16. The van der Waals surface area contributed by atoms with Gasteiger partial charge in [0.2, 0.25) is 11.6 Å². The Morgan fingerprint density at radius 3 is 3.00 bits per heavy atom. The number of benzene rings is 1. The lowest BCUT2D eigenvalue weighted by Gasteiger charge is -2.07. The van der Waals surface area contributed by atoms with E-state index in [-0.39, 0.29) is 5.97 Å². The Morgan fingerprint density at radius 2 is 2.23 bits per heavy atom. The summed E-state index contributed by atoms with van der Waals surface area (Å²) in [5.74, 6) is 0.349. The van der Waals surface area contributed by atoms with Gasteiger partial charge in [-0.3, -0.25) is 4.79 Å². The van der Waals surface area contributed by atoms with Gasteiger partial charge in [-0.05, 0) is 30.7 Å². The molecule has 0 N–H and O–H groups in total. The van der Waals surface area contributed by atoms with Gasteiger partial charge in [0, 0.05) is 23.7 Å². The molecule has 0 aliphatic rings. The molecule has 0 radical (unpaired) electrons. The summed E-state index contributed by atoms with van der Waals surface area (Å²) in [5, 5.41) is 0.470. The molecule has 112 valence electrons. The first-order valence-electron chi connectivity index (χ1n) is 6.89. The topological polar surface area (TPSA) is 65.2 Å². The molecular weight excluding hydrogens is 304 g/mol. The normalized spacial score (nSPS) is 10.8. The molecule has 3 aromatic rings. The number of hydrogen-bond donors (Lipinski definition) is 0. The predicted octanol–water partition coefficient (Wildman–Crippen LogP) is 4.25. The van der Waals surface area contributed by atoms with E-state index >= 15 is 0 Å². The van der Waals surface area contributed by atoms with Crippen LogP contribution in [-0.2, 0) is 4.79 Å². The number of fused-ring (bicyclic) bond motifs is 1. The average molecular weight is 317 g/mol. The number of rotatable bonds is 4. The van der Waals surface area contributed by atoms with Crippen molar-refractivity contribution in [3.8, 4) is 17.2 Å². The molecule has 0 spiro atoms. The summed E-state index contributed by atoms with van der Waals surface area (Å²) < 4.78 is 11.0. The van der Waals surface area contributed by atoms with Gasteiger partial charge in [-0.1, -0.05) is 18.5 Å². The molecule has 0 aliphatic carbocycles. The van der Waals surface area contributed by atoms with Crippen molar-refractivity contribution >= 4 is 28.8 Å². The molecule has 0 amide bonds. The molecule has 0 atom stereocenters. The predicted molar refractivity (Wildman–Crippen MR) is 82.8 cm³/mol. The van der Waals surface area contributed by atoms with Gasteiger partial charge < -0.3 is 9.15 Å². The van der Waals surface area contributed by atoms with Crippen molar-refractivity contribution in [2.75, 3.05) is 0 Å². The molecule has 22 heavy (non-hydrogen) atoms. The van der Waals surface area contributed by atoms with Crippen LogP contribution in [0.3, 0.4) is 0 Å². The zero-order valence-corrected chi connectivity index (χ0v) is 12.6. The van der Waals surface area contributed by atoms with Gasteiger partial charge in [0.15, 0.2) is 0 Å². The van der Waals surface area contributed by atoms with E-state index in [1.165, 1.54) is 0 Å². The number of aromatic nitrogens is 2. The van der Waals surface area contributed by atoms with Crippen LogP contribution in [0.5, 0.6) is 5.75 Å². The van der Waals surface area contributed by atoms with Crippen molar-refractivity contribution in [2.24, 2.45) is 0 Å². The van der Waals surface area contributed by atoms with Crippen LogP contribution in [0.1, 0.15) is 19.8 Å². The summed E-state index contributed by atoms with van der Waals surface area (Å²) in [6, 6.07) is 8.55. The van der Waals surface area contributed by atoms with E-state index in [1.807, 2.05) is 6.92 Å². The first kappa shape index (κ1) is 14.5. The zero-order valence-electron chi connectivity index (χ0n) is 11.9. The van der Waals surface area contributed by atoms with Crippen LogP contribution in [0.25, 0.3) is 22.7 Å². The number of hydrogen-bond acceptors (Lipinski definition) is 5. The number of halogens is 1. The Labute approximate surface area is 131 Å². The molecule has 2 heterocycles. The van der Waals surface area contributed by atoms with Crippen LogP contribution in [-0.4, -0.2) is 15.9 Å². The Kier molecular flexibility index (Phi) is 4.06. The first-order chi connectivity index (χ1) is 10.7. The van der Waals surface area contributed by atoms with Gasteiger partial charge in [0.05, 0.1) is 5.56 Å². The fourth-order valence-electron chi connectivity index (χ4n) is 2.02. The van der Waals surface area contributed by atoms with E-state index in [0.717, 1.165) is 0 Å². The maximum atomic E-state index is 11.8. The SMILES string of the molecule is CCCC(=O)Oc1cc(Cl)ccc1-c1nc2cccnc2o1. The Morgan fingerprint density at radius 1 is 1.36 bits per heavy atom. The lowest BCUT2D eigenvalue weighted by Crippen LogP contribution is -2.07. The number of nitrogens with zero attached hydrogens (tertiary/aromatic N) is 2. The Balaban J connectivity index is 2.03. The highest BCUT2D eigenvalue weighted by molar-refractivity contribution is 6.30. The van der Waals surface area contributed by atoms with E-state index in [0.29, 0.717) is 46.3 Å². The molecule has 0 unspecified atom stereocenters. The number of esters is 1. The quantitative estimate of drug-likeness (QED) is 0.532. The fraction of sp³-hybridized carbons (Fsp3) is 0.188. The summed E-state index contributed by atoms with van der Waals surface area (Å²) in [5.41, 5.74) is 1.63. The second-order valence-corrected chi connectivity index (χ2v) is 5.15. The van der Waals surface area contributed by atoms with Gasteiger partial charge >= 0.3 is 5.97 Å². The number of oxazole rings is 1. The molecule has 0 bridgehead atoms. The lowest BCUT2D eigenvalue weighted by atomic mass is 10.2. The first-order valence-corrected chi connectivity index (χ1v) is 7.27. The molecule has 3 rings (SSSR count). The summed E-state index contributed by atoms with van der Waals surface area (Å²) in [6.07, 6.45) is 2.67. The summed E-state index contributed by atoms with van der Waals surface area (Å²) in [6.45, 7) is 1.91. The smallest absolute Gasteiger partial charge is 0.311 e. The van der Waals surface area contributed by atoms with E-state index in [2.05, 4.69) is 9.97 Å². The molecule has 0 aliphatic heterocycles. The summed E-state index contributed by atoms with van der Waals surface area (Å²) in [4.78, 5) is 20.2. The Hall–Kier alpha value is -2.40. The van der Waals surface area contributed by atoms with Crippen LogP contribution in [0.15, 0.2) is 40.9 Å². The summed E-state index contributed by atoms with van der Waals surface area (Å²) in [7, 11) is 0. The minimum absolute atomic E-state index is 0.319.